The van der Waals surface area contributed by atoms with E-state index in [1.807, 2.05) is 16.6 Å². The van der Waals surface area contributed by atoms with E-state index in [0.717, 1.165) is 52.2 Å². The molecule has 1 aliphatic carbocycles. The van der Waals surface area contributed by atoms with E-state index in [1.165, 1.54) is 24.0 Å². The van der Waals surface area contributed by atoms with Crippen molar-refractivity contribution < 1.29 is 0 Å². The minimum Gasteiger partial charge on any atom is -0.342 e. The highest BCUT2D eigenvalue weighted by molar-refractivity contribution is 7.80. The fourth-order valence-electron chi connectivity index (χ4n) is 4.72. The van der Waals surface area contributed by atoms with Crippen molar-refractivity contribution in [2.24, 2.45) is 0 Å². The minimum absolute atomic E-state index is 0.424. The average molecular weight is 445 g/mol. The van der Waals surface area contributed by atoms with Crippen LogP contribution in [-0.2, 0) is 13.0 Å². The molecule has 0 atom stereocenters. The Hall–Kier alpha value is -3.06. The van der Waals surface area contributed by atoms with Crippen LogP contribution in [0.1, 0.15) is 49.3 Å². The zero-order chi connectivity index (χ0) is 22.1. The molecule has 6 nitrogen and oxygen atoms in total. The normalized spacial score (nSPS) is 14.3. The van der Waals surface area contributed by atoms with Crippen molar-refractivity contribution in [3.63, 3.8) is 0 Å². The zero-order valence-corrected chi connectivity index (χ0v) is 19.4. The Labute approximate surface area is 193 Å². The lowest BCUT2D eigenvalue weighted by Gasteiger charge is -2.32. The van der Waals surface area contributed by atoms with Gasteiger partial charge in [-0.1, -0.05) is 44.0 Å². The quantitative estimate of drug-likeness (QED) is 0.422. The first-order valence-corrected chi connectivity index (χ1v) is 11.8. The highest BCUT2D eigenvalue weighted by Gasteiger charge is 2.26. The highest BCUT2D eigenvalue weighted by Crippen LogP contribution is 2.28. The van der Waals surface area contributed by atoms with E-state index in [4.69, 9.17) is 12.2 Å². The number of aromatic nitrogens is 4. The summed E-state index contributed by atoms with van der Waals surface area (Å²) in [5.41, 5.74) is 6.46. The van der Waals surface area contributed by atoms with Crippen molar-refractivity contribution in [1.29, 1.82) is 0 Å². The van der Waals surface area contributed by atoms with Gasteiger partial charge in [-0.3, -0.25) is 0 Å². The van der Waals surface area contributed by atoms with Crippen LogP contribution in [0.5, 0.6) is 0 Å². The molecule has 0 aliphatic heterocycles. The van der Waals surface area contributed by atoms with Gasteiger partial charge in [0.1, 0.15) is 0 Å². The maximum atomic E-state index is 5.95. The van der Waals surface area contributed by atoms with Crippen molar-refractivity contribution in [2.45, 2.75) is 58.5 Å². The van der Waals surface area contributed by atoms with Gasteiger partial charge in [-0.05, 0) is 84.2 Å². The number of anilines is 1. The molecule has 2 aromatic heterocycles. The molecule has 1 fully saturated rings. The summed E-state index contributed by atoms with van der Waals surface area (Å²) in [5, 5.41) is 18.0. The number of thiocarbonyl (C=S) groups is 1. The minimum atomic E-state index is 0.424. The molecular weight excluding hydrogens is 416 g/mol. The second-order valence-corrected chi connectivity index (χ2v) is 9.03. The second kappa shape index (κ2) is 8.82. The molecule has 1 N–H and O–H groups in total. The van der Waals surface area contributed by atoms with Gasteiger partial charge in [0, 0.05) is 29.2 Å². The van der Waals surface area contributed by atoms with Crippen molar-refractivity contribution in [3.05, 3.63) is 65.2 Å². The number of nitrogens with zero attached hydrogens (tertiary/aromatic N) is 5. The topological polar surface area (TPSA) is 58.3 Å². The fraction of sp³-hybridized carbons (Fsp3) is 0.360. The van der Waals surface area contributed by atoms with Gasteiger partial charge >= 0.3 is 0 Å². The smallest absolute Gasteiger partial charge is 0.184 e. The number of benzene rings is 2. The second-order valence-electron chi connectivity index (χ2n) is 8.64. The third-order valence-corrected chi connectivity index (χ3v) is 6.91. The Morgan fingerprint density at radius 2 is 1.97 bits per heavy atom. The molecule has 0 amide bonds. The third-order valence-electron chi connectivity index (χ3n) is 6.57. The Bertz CT molecular complexity index is 1270. The van der Waals surface area contributed by atoms with Gasteiger partial charge in [0.15, 0.2) is 10.8 Å². The molecule has 32 heavy (non-hydrogen) atoms. The van der Waals surface area contributed by atoms with Crippen LogP contribution in [0.3, 0.4) is 0 Å². The van der Waals surface area contributed by atoms with E-state index < -0.39 is 0 Å². The van der Waals surface area contributed by atoms with Crippen LogP contribution in [0, 0.1) is 6.92 Å². The largest absolute Gasteiger partial charge is 0.342 e. The van der Waals surface area contributed by atoms with Crippen molar-refractivity contribution >= 4 is 39.6 Å². The molecule has 4 aromatic rings. The third kappa shape index (κ3) is 3.93. The van der Waals surface area contributed by atoms with Gasteiger partial charge in [0.05, 0.1) is 5.52 Å². The van der Waals surface area contributed by atoms with Gasteiger partial charge in [0.2, 0.25) is 0 Å². The lowest BCUT2D eigenvalue weighted by Crippen LogP contribution is -2.41. The number of fused-ring (bicyclic) bond motifs is 3. The van der Waals surface area contributed by atoms with E-state index in [0.29, 0.717) is 12.6 Å². The first-order chi connectivity index (χ1) is 15.6. The zero-order valence-electron chi connectivity index (χ0n) is 18.6. The van der Waals surface area contributed by atoms with Crippen molar-refractivity contribution in [1.82, 2.24) is 24.9 Å². The van der Waals surface area contributed by atoms with Gasteiger partial charge in [0.25, 0.3) is 0 Å². The van der Waals surface area contributed by atoms with E-state index in [1.54, 1.807) is 0 Å². The maximum absolute atomic E-state index is 5.95. The van der Waals surface area contributed by atoms with Gasteiger partial charge < -0.3 is 10.2 Å². The molecule has 1 saturated carbocycles. The summed E-state index contributed by atoms with van der Waals surface area (Å²) < 4.78 is 1.86. The summed E-state index contributed by atoms with van der Waals surface area (Å²) in [6.45, 7) is 4.96. The monoisotopic (exact) mass is 444 g/mol. The van der Waals surface area contributed by atoms with Crippen LogP contribution in [0.15, 0.2) is 48.5 Å². The van der Waals surface area contributed by atoms with Crippen LogP contribution < -0.4 is 5.32 Å². The van der Waals surface area contributed by atoms with Gasteiger partial charge in [-0.25, -0.2) is 0 Å². The predicted octanol–water partition coefficient (Wildman–Crippen LogP) is 5.29. The van der Waals surface area contributed by atoms with E-state index in [9.17, 15) is 0 Å². The van der Waals surface area contributed by atoms with Crippen LogP contribution in [0.2, 0.25) is 0 Å². The number of hydrogen-bond acceptors (Lipinski definition) is 4. The molecule has 0 radical (unpaired) electrons. The number of tetrazole rings is 1. The van der Waals surface area contributed by atoms with Gasteiger partial charge in [-0.2, -0.15) is 4.52 Å². The molecule has 1 aliphatic rings. The SMILES string of the molecule is CCc1ccc2c(c1)cc(CN(C(=S)Nc1ccccc1C)C1CCCC1)c1nnnn12. The molecule has 164 valence electrons. The van der Waals surface area contributed by atoms with E-state index in [-0.39, 0.29) is 0 Å². The predicted molar refractivity (Wildman–Crippen MR) is 133 cm³/mol. The molecule has 0 spiro atoms. The molecule has 7 heteroatoms. The molecule has 2 aromatic carbocycles. The Morgan fingerprint density at radius 3 is 2.75 bits per heavy atom. The lowest BCUT2D eigenvalue weighted by atomic mass is 10.1. The number of nitrogens with one attached hydrogen (secondary N) is 1. The summed E-state index contributed by atoms with van der Waals surface area (Å²) >= 11 is 5.95. The van der Waals surface area contributed by atoms with Crippen LogP contribution in [0.25, 0.3) is 16.6 Å². The summed E-state index contributed by atoms with van der Waals surface area (Å²) in [7, 11) is 0. The highest BCUT2D eigenvalue weighted by atomic mass is 32.1. The fourth-order valence-corrected chi connectivity index (χ4v) is 5.04. The van der Waals surface area contributed by atoms with Crippen molar-refractivity contribution in [2.75, 3.05) is 5.32 Å². The number of aryl methyl sites for hydroxylation is 2. The lowest BCUT2D eigenvalue weighted by molar-refractivity contribution is 0.313. The van der Waals surface area contributed by atoms with Crippen LogP contribution >= 0.6 is 12.2 Å². The average Bonchev–Trinajstić information content (AvgIpc) is 3.51. The Balaban J connectivity index is 1.53. The number of para-hydroxylation sites is 1. The number of hydrogen-bond donors (Lipinski definition) is 1. The summed E-state index contributed by atoms with van der Waals surface area (Å²) in [6.07, 6.45) is 5.80. The molecular formula is C25H28N6S. The first-order valence-electron chi connectivity index (χ1n) is 11.4. The molecule has 0 bridgehead atoms. The molecule has 5 rings (SSSR count). The Kier molecular flexibility index (Phi) is 5.74. The summed E-state index contributed by atoms with van der Waals surface area (Å²) in [4.78, 5) is 2.34. The van der Waals surface area contributed by atoms with Gasteiger partial charge in [-0.15, -0.1) is 5.10 Å². The standard InChI is InChI=1S/C25H28N6S/c1-3-18-12-13-23-19(14-18)15-20(24-27-28-29-31(23)24)16-30(21-9-5-6-10-21)25(32)26-22-11-7-4-8-17(22)2/h4,7-8,11-15,21H,3,5-6,9-10,16H2,1-2H3,(H,26,32). The molecule has 0 saturated heterocycles. The summed E-state index contributed by atoms with van der Waals surface area (Å²) in [6, 6.07) is 17.4. The number of rotatable bonds is 5. The van der Waals surface area contributed by atoms with E-state index in [2.05, 4.69) is 76.0 Å². The van der Waals surface area contributed by atoms with Crippen molar-refractivity contribution in [3.8, 4) is 0 Å². The Morgan fingerprint density at radius 1 is 1.16 bits per heavy atom. The van der Waals surface area contributed by atoms with E-state index >= 15 is 0 Å². The van der Waals surface area contributed by atoms with Crippen LogP contribution in [0.4, 0.5) is 5.69 Å². The summed E-state index contributed by atoms with van der Waals surface area (Å²) in [5.74, 6) is 0. The van der Waals surface area contributed by atoms with Crippen LogP contribution in [-0.4, -0.2) is 36.1 Å². The maximum Gasteiger partial charge on any atom is 0.184 e. The first kappa shape index (κ1) is 20.8. The number of pyridine rings is 1. The molecule has 0 unspecified atom stereocenters. The molecule has 2 heterocycles.